The first kappa shape index (κ1) is 15.8. The third kappa shape index (κ3) is 4.72. The van der Waals surface area contributed by atoms with Crippen LogP contribution >= 0.6 is 11.8 Å². The van der Waals surface area contributed by atoms with Crippen molar-refractivity contribution < 1.29 is 0 Å². The molecule has 0 saturated carbocycles. The van der Waals surface area contributed by atoms with Gasteiger partial charge in [0.05, 0.1) is 0 Å². The van der Waals surface area contributed by atoms with E-state index in [9.17, 15) is 4.79 Å². The molecule has 1 aromatic heterocycles. The SMILES string of the molecule is CCCc1cc(=O)[nH]c(SCC(N)c2ccc(C)cc2)n1. The van der Waals surface area contributed by atoms with Gasteiger partial charge >= 0.3 is 0 Å². The van der Waals surface area contributed by atoms with Crippen molar-refractivity contribution in [1.29, 1.82) is 0 Å². The Morgan fingerprint density at radius 2 is 2.05 bits per heavy atom. The largest absolute Gasteiger partial charge is 0.323 e. The van der Waals surface area contributed by atoms with E-state index in [4.69, 9.17) is 5.73 Å². The van der Waals surface area contributed by atoms with Crippen molar-refractivity contribution in [3.63, 3.8) is 0 Å². The normalized spacial score (nSPS) is 12.3. The van der Waals surface area contributed by atoms with Crippen molar-refractivity contribution in [3.05, 3.63) is 57.5 Å². The first-order chi connectivity index (χ1) is 10.1. The minimum Gasteiger partial charge on any atom is -0.323 e. The maximum atomic E-state index is 11.6. The van der Waals surface area contributed by atoms with E-state index in [0.717, 1.165) is 24.1 Å². The Balaban J connectivity index is 2.02. The number of benzene rings is 1. The molecule has 1 unspecified atom stereocenters. The number of nitrogens with one attached hydrogen (secondary N) is 1. The Bertz CT molecular complexity index is 637. The van der Waals surface area contributed by atoms with Gasteiger partial charge in [0.2, 0.25) is 0 Å². The van der Waals surface area contributed by atoms with Gasteiger partial charge in [-0.25, -0.2) is 4.98 Å². The van der Waals surface area contributed by atoms with Gasteiger partial charge in [0, 0.05) is 23.6 Å². The summed E-state index contributed by atoms with van der Waals surface area (Å²) in [6, 6.07) is 9.70. The van der Waals surface area contributed by atoms with Gasteiger partial charge in [-0.05, 0) is 18.9 Å². The van der Waals surface area contributed by atoms with E-state index >= 15 is 0 Å². The number of aryl methyl sites for hydroxylation is 2. The first-order valence-corrected chi connectivity index (χ1v) is 8.12. The van der Waals surface area contributed by atoms with Crippen LogP contribution in [0.25, 0.3) is 0 Å². The number of hydrogen-bond donors (Lipinski definition) is 2. The molecule has 0 aliphatic rings. The molecule has 4 nitrogen and oxygen atoms in total. The van der Waals surface area contributed by atoms with E-state index in [-0.39, 0.29) is 11.6 Å². The van der Waals surface area contributed by atoms with Gasteiger partial charge in [0.1, 0.15) is 0 Å². The number of H-pyrrole nitrogens is 1. The second-order valence-corrected chi connectivity index (χ2v) is 6.13. The molecular weight excluding hydrogens is 282 g/mol. The molecule has 0 aliphatic heterocycles. The minimum atomic E-state index is -0.0974. The van der Waals surface area contributed by atoms with Crippen molar-refractivity contribution in [3.8, 4) is 0 Å². The van der Waals surface area contributed by atoms with Crippen molar-refractivity contribution in [2.45, 2.75) is 37.9 Å². The average Bonchev–Trinajstić information content (AvgIpc) is 2.45. The molecule has 0 spiro atoms. The average molecular weight is 303 g/mol. The Morgan fingerprint density at radius 1 is 1.33 bits per heavy atom. The standard InChI is InChI=1S/C16H21N3OS/c1-3-4-13-9-15(20)19-16(18-13)21-10-14(17)12-7-5-11(2)6-8-12/h5-9,14H,3-4,10,17H2,1-2H3,(H,18,19,20). The van der Waals surface area contributed by atoms with Crippen LogP contribution in [-0.4, -0.2) is 15.7 Å². The van der Waals surface area contributed by atoms with Gasteiger partial charge in [-0.15, -0.1) is 0 Å². The Labute approximate surface area is 129 Å². The lowest BCUT2D eigenvalue weighted by atomic mass is 10.1. The predicted octanol–water partition coefficient (Wildman–Crippen LogP) is 2.82. The van der Waals surface area contributed by atoms with Gasteiger partial charge in [-0.1, -0.05) is 54.9 Å². The Morgan fingerprint density at radius 3 is 2.71 bits per heavy atom. The molecular formula is C16H21N3OS. The Hall–Kier alpha value is -1.59. The zero-order valence-electron chi connectivity index (χ0n) is 12.4. The topological polar surface area (TPSA) is 71.8 Å². The second kappa shape index (κ2) is 7.43. The molecule has 0 saturated heterocycles. The highest BCUT2D eigenvalue weighted by molar-refractivity contribution is 7.99. The zero-order chi connectivity index (χ0) is 15.2. The summed E-state index contributed by atoms with van der Waals surface area (Å²) in [5.74, 6) is 0.682. The van der Waals surface area contributed by atoms with Crippen LogP contribution in [0.15, 0.2) is 40.3 Å². The maximum absolute atomic E-state index is 11.6. The van der Waals surface area contributed by atoms with Crippen LogP contribution < -0.4 is 11.3 Å². The van der Waals surface area contributed by atoms with Crippen LogP contribution in [0.4, 0.5) is 0 Å². The fraction of sp³-hybridized carbons (Fsp3) is 0.375. The summed E-state index contributed by atoms with van der Waals surface area (Å²) in [5, 5.41) is 0.647. The summed E-state index contributed by atoms with van der Waals surface area (Å²) in [7, 11) is 0. The molecule has 1 atom stereocenters. The highest BCUT2D eigenvalue weighted by Crippen LogP contribution is 2.20. The summed E-state index contributed by atoms with van der Waals surface area (Å²) < 4.78 is 0. The molecule has 2 aromatic rings. The van der Waals surface area contributed by atoms with E-state index in [1.165, 1.54) is 17.3 Å². The van der Waals surface area contributed by atoms with Crippen LogP contribution in [0.3, 0.4) is 0 Å². The van der Waals surface area contributed by atoms with Crippen LogP contribution in [0.5, 0.6) is 0 Å². The van der Waals surface area contributed by atoms with E-state index in [2.05, 4.69) is 35.9 Å². The molecule has 2 rings (SSSR count). The monoisotopic (exact) mass is 303 g/mol. The summed E-state index contributed by atoms with van der Waals surface area (Å²) in [6.07, 6.45) is 1.80. The second-order valence-electron chi connectivity index (χ2n) is 5.12. The molecule has 5 heteroatoms. The van der Waals surface area contributed by atoms with Gasteiger partial charge < -0.3 is 10.7 Å². The third-order valence-corrected chi connectivity index (χ3v) is 4.18. The number of nitrogens with two attached hydrogens (primary N) is 1. The fourth-order valence-electron chi connectivity index (χ4n) is 2.01. The van der Waals surface area contributed by atoms with Crippen LogP contribution in [-0.2, 0) is 6.42 Å². The van der Waals surface area contributed by atoms with Gasteiger partial charge in [0.25, 0.3) is 5.56 Å². The van der Waals surface area contributed by atoms with Gasteiger partial charge in [0.15, 0.2) is 5.16 Å². The molecule has 0 amide bonds. The molecule has 0 radical (unpaired) electrons. The molecule has 0 bridgehead atoms. The molecule has 0 aliphatic carbocycles. The summed E-state index contributed by atoms with van der Waals surface area (Å²) >= 11 is 1.49. The van der Waals surface area contributed by atoms with Crippen molar-refractivity contribution >= 4 is 11.8 Å². The van der Waals surface area contributed by atoms with E-state index in [1.807, 2.05) is 12.1 Å². The lowest BCUT2D eigenvalue weighted by Gasteiger charge is -2.11. The summed E-state index contributed by atoms with van der Waals surface area (Å²) in [4.78, 5) is 18.8. The molecule has 112 valence electrons. The number of hydrogen-bond acceptors (Lipinski definition) is 4. The molecule has 1 aromatic carbocycles. The quantitative estimate of drug-likeness (QED) is 0.636. The first-order valence-electron chi connectivity index (χ1n) is 7.13. The van der Waals surface area contributed by atoms with E-state index in [0.29, 0.717) is 10.9 Å². The smallest absolute Gasteiger partial charge is 0.251 e. The van der Waals surface area contributed by atoms with Gasteiger partial charge in [-0.2, -0.15) is 0 Å². The predicted molar refractivity (Wildman–Crippen MR) is 87.7 cm³/mol. The van der Waals surface area contributed by atoms with Crippen LogP contribution in [0.2, 0.25) is 0 Å². The minimum absolute atomic E-state index is 0.0734. The number of aromatic nitrogens is 2. The van der Waals surface area contributed by atoms with E-state index in [1.54, 1.807) is 6.07 Å². The van der Waals surface area contributed by atoms with Crippen molar-refractivity contribution in [1.82, 2.24) is 9.97 Å². The summed E-state index contributed by atoms with van der Waals surface area (Å²) in [6.45, 7) is 4.13. The molecule has 21 heavy (non-hydrogen) atoms. The van der Waals surface area contributed by atoms with Crippen LogP contribution in [0, 0.1) is 6.92 Å². The Kier molecular flexibility index (Phi) is 5.59. The summed E-state index contributed by atoms with van der Waals surface area (Å²) in [5.41, 5.74) is 9.25. The van der Waals surface area contributed by atoms with E-state index < -0.39 is 0 Å². The van der Waals surface area contributed by atoms with Crippen molar-refractivity contribution in [2.75, 3.05) is 5.75 Å². The lowest BCUT2D eigenvalue weighted by Crippen LogP contribution is -2.15. The molecule has 3 N–H and O–H groups in total. The molecule has 1 heterocycles. The fourth-order valence-corrected chi connectivity index (χ4v) is 2.90. The number of nitrogens with zero attached hydrogens (tertiary/aromatic N) is 1. The highest BCUT2D eigenvalue weighted by Gasteiger charge is 2.08. The zero-order valence-corrected chi connectivity index (χ0v) is 13.2. The number of aromatic amines is 1. The lowest BCUT2D eigenvalue weighted by molar-refractivity contribution is 0.803. The third-order valence-electron chi connectivity index (χ3n) is 3.18. The highest BCUT2D eigenvalue weighted by atomic mass is 32.2. The van der Waals surface area contributed by atoms with Gasteiger partial charge in [-0.3, -0.25) is 4.79 Å². The number of rotatable bonds is 6. The number of thioether (sulfide) groups is 1. The molecule has 0 fully saturated rings. The van der Waals surface area contributed by atoms with Crippen molar-refractivity contribution in [2.24, 2.45) is 5.73 Å². The maximum Gasteiger partial charge on any atom is 0.251 e. The van der Waals surface area contributed by atoms with Crippen LogP contribution in [0.1, 0.15) is 36.2 Å².